The number of benzene rings is 1. The second kappa shape index (κ2) is 3.25. The van der Waals surface area contributed by atoms with E-state index in [0.717, 1.165) is 24.0 Å². The van der Waals surface area contributed by atoms with Crippen molar-refractivity contribution in [2.45, 2.75) is 31.8 Å². The van der Waals surface area contributed by atoms with Crippen molar-refractivity contribution in [3.63, 3.8) is 0 Å². The van der Waals surface area contributed by atoms with Crippen LogP contribution in [-0.4, -0.2) is 5.11 Å². The molecule has 0 aromatic heterocycles. The van der Waals surface area contributed by atoms with Gasteiger partial charge < -0.3 is 5.11 Å². The van der Waals surface area contributed by atoms with Crippen molar-refractivity contribution in [3.8, 4) is 0 Å². The average Bonchev–Trinajstić information content (AvgIpc) is 2.44. The first-order valence-electron chi connectivity index (χ1n) is 5.07. The second-order valence-electron chi connectivity index (χ2n) is 4.32. The normalized spacial score (nSPS) is 24.7. The molecule has 1 heteroatoms. The molecule has 1 aliphatic rings. The minimum Gasteiger partial charge on any atom is -0.385 e. The molecule has 1 aliphatic carbocycles. The lowest BCUT2D eigenvalue weighted by Gasteiger charge is -2.24. The van der Waals surface area contributed by atoms with E-state index >= 15 is 0 Å². The number of aliphatic hydroxyl groups is 1. The van der Waals surface area contributed by atoms with Gasteiger partial charge in [-0.1, -0.05) is 29.8 Å². The second-order valence-corrected chi connectivity index (χ2v) is 4.32. The standard InChI is InChI=1S/C13H16O/c1-10(2)9-13(14)8-7-11-5-3-4-6-12(11)13/h3-6,14H,1,7-9H2,2H3. The summed E-state index contributed by atoms with van der Waals surface area (Å²) in [5.41, 5.74) is 2.78. The Morgan fingerprint density at radius 3 is 2.93 bits per heavy atom. The molecule has 0 radical (unpaired) electrons. The lowest BCUT2D eigenvalue weighted by Crippen LogP contribution is -2.22. The van der Waals surface area contributed by atoms with Crippen LogP contribution in [0.15, 0.2) is 36.4 Å². The minimum absolute atomic E-state index is 0.650. The molecule has 1 aromatic carbocycles. The molecule has 1 unspecified atom stereocenters. The van der Waals surface area contributed by atoms with Crippen molar-refractivity contribution in [2.24, 2.45) is 0 Å². The largest absolute Gasteiger partial charge is 0.385 e. The fourth-order valence-corrected chi connectivity index (χ4v) is 2.35. The Balaban J connectivity index is 2.37. The van der Waals surface area contributed by atoms with E-state index in [2.05, 4.69) is 12.6 Å². The lowest BCUT2D eigenvalue weighted by molar-refractivity contribution is 0.0391. The molecular weight excluding hydrogens is 172 g/mol. The molecule has 0 saturated carbocycles. The molecular formula is C13H16O. The molecule has 14 heavy (non-hydrogen) atoms. The van der Waals surface area contributed by atoms with Crippen molar-refractivity contribution in [1.29, 1.82) is 0 Å². The van der Waals surface area contributed by atoms with Crippen molar-refractivity contribution >= 4 is 0 Å². The first-order chi connectivity index (χ1) is 6.62. The van der Waals surface area contributed by atoms with Crippen LogP contribution in [0.25, 0.3) is 0 Å². The third-order valence-corrected chi connectivity index (χ3v) is 2.92. The summed E-state index contributed by atoms with van der Waals surface area (Å²) in [6, 6.07) is 8.16. The number of hydrogen-bond donors (Lipinski definition) is 1. The van der Waals surface area contributed by atoms with E-state index in [9.17, 15) is 5.11 Å². The topological polar surface area (TPSA) is 20.2 Å². The highest BCUT2D eigenvalue weighted by Gasteiger charge is 2.35. The van der Waals surface area contributed by atoms with Crippen LogP contribution in [0.2, 0.25) is 0 Å². The molecule has 1 atom stereocenters. The summed E-state index contributed by atoms with van der Waals surface area (Å²) < 4.78 is 0. The van der Waals surface area contributed by atoms with Crippen LogP contribution in [0.4, 0.5) is 0 Å². The molecule has 0 saturated heterocycles. The van der Waals surface area contributed by atoms with Gasteiger partial charge in [0, 0.05) is 6.42 Å². The lowest BCUT2D eigenvalue weighted by atomic mass is 9.90. The van der Waals surface area contributed by atoms with Crippen molar-refractivity contribution < 1.29 is 5.11 Å². The fraction of sp³-hybridized carbons (Fsp3) is 0.385. The zero-order chi connectivity index (χ0) is 10.2. The number of rotatable bonds is 2. The van der Waals surface area contributed by atoms with Gasteiger partial charge in [-0.2, -0.15) is 0 Å². The molecule has 0 amide bonds. The van der Waals surface area contributed by atoms with Crippen molar-refractivity contribution in [3.05, 3.63) is 47.5 Å². The zero-order valence-electron chi connectivity index (χ0n) is 8.59. The van der Waals surface area contributed by atoms with Gasteiger partial charge >= 0.3 is 0 Å². The zero-order valence-corrected chi connectivity index (χ0v) is 8.59. The minimum atomic E-state index is -0.650. The Hall–Kier alpha value is -1.08. The highest BCUT2D eigenvalue weighted by atomic mass is 16.3. The van der Waals surface area contributed by atoms with E-state index in [4.69, 9.17) is 0 Å². The average molecular weight is 188 g/mol. The van der Waals surface area contributed by atoms with Gasteiger partial charge in [0.25, 0.3) is 0 Å². The van der Waals surface area contributed by atoms with Gasteiger partial charge in [-0.15, -0.1) is 6.58 Å². The smallest absolute Gasteiger partial charge is 0.0939 e. The van der Waals surface area contributed by atoms with Gasteiger partial charge in [-0.05, 0) is 30.9 Å². The van der Waals surface area contributed by atoms with Gasteiger partial charge in [-0.25, -0.2) is 0 Å². The Morgan fingerprint density at radius 2 is 2.21 bits per heavy atom. The molecule has 1 N–H and O–H groups in total. The van der Waals surface area contributed by atoms with E-state index in [1.54, 1.807) is 0 Å². The summed E-state index contributed by atoms with van der Waals surface area (Å²) in [6.07, 6.45) is 2.50. The molecule has 74 valence electrons. The SMILES string of the molecule is C=C(C)CC1(O)CCc2ccccc21. The quantitative estimate of drug-likeness (QED) is 0.707. The van der Waals surface area contributed by atoms with Crippen LogP contribution < -0.4 is 0 Å². The van der Waals surface area contributed by atoms with E-state index in [-0.39, 0.29) is 0 Å². The van der Waals surface area contributed by atoms with Crippen molar-refractivity contribution in [1.82, 2.24) is 0 Å². The molecule has 0 bridgehead atoms. The third kappa shape index (κ3) is 1.48. The fourth-order valence-electron chi connectivity index (χ4n) is 2.35. The molecule has 0 heterocycles. The Morgan fingerprint density at radius 1 is 1.50 bits per heavy atom. The summed E-state index contributed by atoms with van der Waals surface area (Å²) in [7, 11) is 0. The van der Waals surface area contributed by atoms with Crippen LogP contribution >= 0.6 is 0 Å². The molecule has 1 aromatic rings. The van der Waals surface area contributed by atoms with Crippen LogP contribution in [0.5, 0.6) is 0 Å². The van der Waals surface area contributed by atoms with E-state index in [1.807, 2.05) is 25.1 Å². The predicted octanol–water partition coefficient (Wildman–Crippen LogP) is 2.79. The highest BCUT2D eigenvalue weighted by Crippen LogP contribution is 2.40. The van der Waals surface area contributed by atoms with Gasteiger partial charge in [0.15, 0.2) is 0 Å². The van der Waals surface area contributed by atoms with E-state index in [1.165, 1.54) is 5.56 Å². The maximum Gasteiger partial charge on any atom is 0.0939 e. The summed E-state index contributed by atoms with van der Waals surface area (Å²) in [4.78, 5) is 0. The number of hydrogen-bond acceptors (Lipinski definition) is 1. The molecule has 0 fully saturated rings. The van der Waals surface area contributed by atoms with Crippen LogP contribution in [0.1, 0.15) is 30.9 Å². The first kappa shape index (κ1) is 9.47. The molecule has 0 spiro atoms. The predicted molar refractivity (Wildman–Crippen MR) is 58.1 cm³/mol. The molecule has 1 nitrogen and oxygen atoms in total. The third-order valence-electron chi connectivity index (χ3n) is 2.92. The Labute approximate surface area is 85.1 Å². The van der Waals surface area contributed by atoms with Crippen LogP contribution in [0, 0.1) is 0 Å². The summed E-state index contributed by atoms with van der Waals surface area (Å²) >= 11 is 0. The van der Waals surface area contributed by atoms with Gasteiger partial charge in [0.05, 0.1) is 5.60 Å². The van der Waals surface area contributed by atoms with E-state index in [0.29, 0.717) is 6.42 Å². The monoisotopic (exact) mass is 188 g/mol. The van der Waals surface area contributed by atoms with Gasteiger partial charge in [0.2, 0.25) is 0 Å². The Bertz CT molecular complexity index is 367. The highest BCUT2D eigenvalue weighted by molar-refractivity contribution is 5.37. The summed E-state index contributed by atoms with van der Waals surface area (Å²) in [6.45, 7) is 5.85. The van der Waals surface area contributed by atoms with E-state index < -0.39 is 5.60 Å². The van der Waals surface area contributed by atoms with Gasteiger partial charge in [0.1, 0.15) is 0 Å². The first-order valence-corrected chi connectivity index (χ1v) is 5.07. The molecule has 2 rings (SSSR count). The number of aryl methyl sites for hydroxylation is 1. The van der Waals surface area contributed by atoms with Crippen molar-refractivity contribution in [2.75, 3.05) is 0 Å². The molecule has 0 aliphatic heterocycles. The summed E-state index contributed by atoms with van der Waals surface area (Å²) in [5.74, 6) is 0. The van der Waals surface area contributed by atoms with Crippen LogP contribution in [-0.2, 0) is 12.0 Å². The summed E-state index contributed by atoms with van der Waals surface area (Å²) in [5, 5.41) is 10.5. The maximum atomic E-state index is 10.5. The van der Waals surface area contributed by atoms with Crippen LogP contribution in [0.3, 0.4) is 0 Å². The Kier molecular flexibility index (Phi) is 2.20. The van der Waals surface area contributed by atoms with Gasteiger partial charge in [-0.3, -0.25) is 0 Å². The number of fused-ring (bicyclic) bond motifs is 1. The maximum absolute atomic E-state index is 10.5.